The van der Waals surface area contributed by atoms with E-state index in [9.17, 15) is 14.7 Å². The second-order valence-corrected chi connectivity index (χ2v) is 17.9. The number of nitrogens with zero attached hydrogens (tertiary/aromatic N) is 2. The highest BCUT2D eigenvalue weighted by molar-refractivity contribution is 6.31. The summed E-state index contributed by atoms with van der Waals surface area (Å²) in [5, 5.41) is 26.0. The number of carbonyl (C=O) groups excluding carboxylic acids is 2. The number of unbranched alkanes of at least 4 members (excludes halogenated alkanes) is 1. The van der Waals surface area contributed by atoms with Crippen molar-refractivity contribution < 1.29 is 19.4 Å². The molecule has 5 rings (SSSR count). The average Bonchev–Trinajstić information content (AvgIpc) is 3.22. The number of halogens is 1. The van der Waals surface area contributed by atoms with Gasteiger partial charge in [0.2, 0.25) is 0 Å². The van der Waals surface area contributed by atoms with Crippen LogP contribution in [0.2, 0.25) is 5.02 Å². The number of amides is 4. The van der Waals surface area contributed by atoms with Crippen LogP contribution in [0, 0.1) is 24.7 Å². The second kappa shape index (κ2) is 25.4. The number of benzene rings is 1. The number of hydrogen-bond acceptors (Lipinski definition) is 6. The molecule has 2 aliphatic carbocycles. The van der Waals surface area contributed by atoms with Gasteiger partial charge < -0.3 is 40.9 Å². The van der Waals surface area contributed by atoms with E-state index in [1.807, 2.05) is 49.0 Å². The molecule has 2 aliphatic heterocycles. The molecule has 56 heavy (non-hydrogen) atoms. The summed E-state index contributed by atoms with van der Waals surface area (Å²) in [5.74, 6) is 1.47. The molecule has 0 aromatic heterocycles. The van der Waals surface area contributed by atoms with Gasteiger partial charge in [0.05, 0.1) is 5.60 Å². The Balaban J connectivity index is 0.000000293. The Kier molecular flexibility index (Phi) is 21.1. The molecule has 4 atom stereocenters. The molecule has 11 heteroatoms. The minimum atomic E-state index is -1.03. The summed E-state index contributed by atoms with van der Waals surface area (Å²) in [5.41, 5.74) is 0.787. The van der Waals surface area contributed by atoms with Gasteiger partial charge in [-0.05, 0) is 114 Å². The maximum Gasteiger partial charge on any atom is 0.317 e. The second-order valence-electron chi connectivity index (χ2n) is 17.5. The Morgan fingerprint density at radius 2 is 1.32 bits per heavy atom. The lowest BCUT2D eigenvalue weighted by atomic mass is 9.73. The summed E-state index contributed by atoms with van der Waals surface area (Å²) < 4.78 is 5.24. The van der Waals surface area contributed by atoms with Crippen LogP contribution in [0.5, 0.6) is 0 Å². The van der Waals surface area contributed by atoms with Crippen LogP contribution in [0.3, 0.4) is 0 Å². The lowest BCUT2D eigenvalue weighted by Crippen LogP contribution is -2.54. The van der Waals surface area contributed by atoms with Crippen molar-refractivity contribution >= 4 is 23.7 Å². The third-order valence-corrected chi connectivity index (χ3v) is 13.6. The van der Waals surface area contributed by atoms with Crippen molar-refractivity contribution in [1.82, 2.24) is 31.1 Å². The molecule has 4 aliphatic rings. The zero-order chi connectivity index (χ0) is 40.2. The van der Waals surface area contributed by atoms with Crippen molar-refractivity contribution in [2.24, 2.45) is 17.8 Å². The Morgan fingerprint density at radius 3 is 1.88 bits per heavy atom. The first-order valence-electron chi connectivity index (χ1n) is 22.5. The number of piperidine rings is 2. The summed E-state index contributed by atoms with van der Waals surface area (Å²) in [6.45, 7) is 7.47. The number of likely N-dealkylation sites (tertiary alicyclic amines) is 2. The molecule has 2 heterocycles. The summed E-state index contributed by atoms with van der Waals surface area (Å²) in [6, 6.07) is 6.38. The van der Waals surface area contributed by atoms with Crippen molar-refractivity contribution in [3.63, 3.8) is 0 Å². The SMILES string of the molecule is CNC[C@H](CC1CCCCC1)NC(=O)N1CCCCC1.CNC[C@H](CC1CCCCC1)NC(=O)N1CCC[C@@H]([C@](O)(CCCCOC)c2cccc(Cl)c2C)C1. The number of urea groups is 2. The van der Waals surface area contributed by atoms with Crippen molar-refractivity contribution in [1.29, 1.82) is 0 Å². The standard InChI is InChI=1S/C29H48ClN3O3.C16H31N3O/c1-22-26(14-9-15-27(22)30)29(35,16-7-8-18-36-3)24-13-10-17-33(21-24)28(34)32-25(20-31-2)19-23-11-5-4-6-12-23;1-17-13-15(12-14-8-4-2-5-9-14)18-16(20)19-10-6-3-7-11-19/h9,14-15,23-25,31,35H,4-8,10-13,16-21H2,1-3H3,(H,32,34);14-15,17H,2-13H2,1H3,(H,18,20)/t24-,25+,29-;15-/m10/s1. The number of likely N-dealkylation sites (N-methyl/N-ethyl adjacent to an activating group) is 2. The van der Waals surface area contributed by atoms with Gasteiger partial charge in [0.25, 0.3) is 0 Å². The topological polar surface area (TPSA) is 118 Å². The van der Waals surface area contributed by atoms with Crippen LogP contribution >= 0.6 is 11.6 Å². The minimum Gasteiger partial charge on any atom is -0.385 e. The molecule has 0 bridgehead atoms. The molecule has 2 saturated heterocycles. The zero-order valence-electron chi connectivity index (χ0n) is 35.7. The normalized spacial score (nSPS) is 22.0. The van der Waals surface area contributed by atoms with Crippen molar-refractivity contribution in [2.45, 2.75) is 153 Å². The van der Waals surface area contributed by atoms with Crippen LogP contribution in [0.1, 0.15) is 140 Å². The van der Waals surface area contributed by atoms with E-state index in [0.29, 0.717) is 30.5 Å². The van der Waals surface area contributed by atoms with Crippen molar-refractivity contribution in [2.75, 3.05) is 67.1 Å². The molecular formula is C45H79ClN6O4. The first kappa shape index (κ1) is 46.6. The number of aliphatic hydroxyl groups is 1. The fourth-order valence-corrected chi connectivity index (χ4v) is 10.2. The highest BCUT2D eigenvalue weighted by Crippen LogP contribution is 2.42. The maximum atomic E-state index is 13.4. The molecule has 2 saturated carbocycles. The summed E-state index contributed by atoms with van der Waals surface area (Å²) in [6.07, 6.45) is 23.3. The number of nitrogens with one attached hydrogen (secondary N) is 4. The maximum absolute atomic E-state index is 13.4. The van der Waals surface area contributed by atoms with E-state index in [-0.39, 0.29) is 30.1 Å². The van der Waals surface area contributed by atoms with Crippen LogP contribution in [-0.2, 0) is 10.3 Å². The summed E-state index contributed by atoms with van der Waals surface area (Å²) >= 11 is 6.48. The van der Waals surface area contributed by atoms with E-state index in [1.165, 1.54) is 70.6 Å². The smallest absolute Gasteiger partial charge is 0.317 e. The molecule has 320 valence electrons. The van der Waals surface area contributed by atoms with Gasteiger partial charge in [-0.3, -0.25) is 0 Å². The minimum absolute atomic E-state index is 0.000286. The molecule has 1 aromatic carbocycles. The van der Waals surface area contributed by atoms with E-state index in [0.717, 1.165) is 101 Å². The quantitative estimate of drug-likeness (QED) is 0.101. The fourth-order valence-electron chi connectivity index (χ4n) is 9.99. The van der Waals surface area contributed by atoms with Gasteiger partial charge in [-0.2, -0.15) is 0 Å². The lowest BCUT2D eigenvalue weighted by Gasteiger charge is -2.44. The molecule has 4 amide bonds. The molecule has 0 radical (unpaired) electrons. The third-order valence-electron chi connectivity index (χ3n) is 13.2. The largest absolute Gasteiger partial charge is 0.385 e. The average molecular weight is 804 g/mol. The van der Waals surface area contributed by atoms with Gasteiger partial charge in [0.1, 0.15) is 0 Å². The number of methoxy groups -OCH3 is 1. The first-order valence-corrected chi connectivity index (χ1v) is 22.9. The molecule has 10 nitrogen and oxygen atoms in total. The van der Waals surface area contributed by atoms with Gasteiger partial charge >= 0.3 is 12.1 Å². The highest BCUT2D eigenvalue weighted by atomic mass is 35.5. The van der Waals surface area contributed by atoms with E-state index in [4.69, 9.17) is 16.3 Å². The number of rotatable bonds is 17. The molecule has 0 spiro atoms. The Bertz CT molecular complexity index is 1270. The van der Waals surface area contributed by atoms with Crippen molar-refractivity contribution in [3.8, 4) is 0 Å². The number of hydrogen-bond donors (Lipinski definition) is 5. The number of carbonyl (C=O) groups is 2. The lowest BCUT2D eigenvalue weighted by molar-refractivity contribution is -0.0568. The summed E-state index contributed by atoms with van der Waals surface area (Å²) in [7, 11) is 5.63. The molecule has 5 N–H and O–H groups in total. The van der Waals surface area contributed by atoms with E-state index < -0.39 is 5.60 Å². The predicted octanol–water partition coefficient (Wildman–Crippen LogP) is 8.37. The predicted molar refractivity (Wildman–Crippen MR) is 230 cm³/mol. The molecule has 1 aromatic rings. The first-order chi connectivity index (χ1) is 27.2. The van der Waals surface area contributed by atoms with Crippen LogP contribution in [-0.4, -0.2) is 106 Å². The Morgan fingerprint density at radius 1 is 0.786 bits per heavy atom. The van der Waals surface area contributed by atoms with E-state index >= 15 is 0 Å². The zero-order valence-corrected chi connectivity index (χ0v) is 36.4. The van der Waals surface area contributed by atoms with Gasteiger partial charge in [-0.25, -0.2) is 9.59 Å². The van der Waals surface area contributed by atoms with E-state index in [2.05, 4.69) is 21.3 Å². The van der Waals surface area contributed by atoms with Crippen LogP contribution in [0.25, 0.3) is 0 Å². The molecule has 4 fully saturated rings. The van der Waals surface area contributed by atoms with Gasteiger partial charge in [0.15, 0.2) is 0 Å². The Hall–Kier alpha value is -2.11. The fraction of sp³-hybridized carbons (Fsp3) is 0.822. The van der Waals surface area contributed by atoms with Crippen LogP contribution in [0.4, 0.5) is 9.59 Å². The Labute approximate surface area is 345 Å². The molecular weight excluding hydrogens is 724 g/mol. The highest BCUT2D eigenvalue weighted by Gasteiger charge is 2.42. The van der Waals surface area contributed by atoms with Crippen LogP contribution < -0.4 is 21.3 Å². The number of ether oxygens (including phenoxy) is 1. The monoisotopic (exact) mass is 803 g/mol. The van der Waals surface area contributed by atoms with E-state index in [1.54, 1.807) is 7.11 Å². The van der Waals surface area contributed by atoms with Crippen LogP contribution in [0.15, 0.2) is 18.2 Å². The third kappa shape index (κ3) is 14.9. The van der Waals surface area contributed by atoms with Crippen molar-refractivity contribution in [3.05, 3.63) is 34.3 Å². The molecule has 0 unspecified atom stereocenters. The van der Waals surface area contributed by atoms with Gasteiger partial charge in [-0.15, -0.1) is 0 Å². The summed E-state index contributed by atoms with van der Waals surface area (Å²) in [4.78, 5) is 29.7. The van der Waals surface area contributed by atoms with Gasteiger partial charge in [-0.1, -0.05) is 87.9 Å². The van der Waals surface area contributed by atoms with Gasteiger partial charge in [0, 0.05) is 76.0 Å².